The van der Waals surface area contributed by atoms with E-state index in [1.807, 2.05) is 20.8 Å². The van der Waals surface area contributed by atoms with E-state index in [0.29, 0.717) is 33.1 Å². The first-order chi connectivity index (χ1) is 12.2. The number of fused-ring (bicyclic) bond motifs is 1. The van der Waals surface area contributed by atoms with Crippen LogP contribution in [0.25, 0.3) is 16.6 Å². The van der Waals surface area contributed by atoms with Crippen molar-refractivity contribution in [1.82, 2.24) is 9.55 Å². The van der Waals surface area contributed by atoms with Crippen LogP contribution in [0.15, 0.2) is 47.3 Å². The summed E-state index contributed by atoms with van der Waals surface area (Å²) < 4.78 is 1.54. The van der Waals surface area contributed by atoms with Crippen molar-refractivity contribution in [2.24, 2.45) is 5.41 Å². The van der Waals surface area contributed by atoms with Crippen LogP contribution >= 0.6 is 11.6 Å². The van der Waals surface area contributed by atoms with Gasteiger partial charge in [0.1, 0.15) is 5.82 Å². The lowest BCUT2D eigenvalue weighted by Crippen LogP contribution is -2.28. The normalized spacial score (nSPS) is 11.6. The molecule has 0 saturated carbocycles. The molecule has 0 fully saturated rings. The maximum Gasteiger partial charge on any atom is 0.266 e. The molecule has 0 radical (unpaired) electrons. The molecular formula is C20H20ClN3O2. The summed E-state index contributed by atoms with van der Waals surface area (Å²) in [7, 11) is 0. The van der Waals surface area contributed by atoms with Crippen LogP contribution in [0.3, 0.4) is 0 Å². The molecule has 1 amide bonds. The molecule has 0 unspecified atom stereocenters. The zero-order valence-electron chi connectivity index (χ0n) is 15.1. The molecule has 0 spiro atoms. The minimum absolute atomic E-state index is 0.116. The molecule has 0 saturated heterocycles. The van der Waals surface area contributed by atoms with E-state index < -0.39 is 5.41 Å². The molecule has 0 bridgehead atoms. The van der Waals surface area contributed by atoms with Crippen molar-refractivity contribution in [2.45, 2.75) is 27.7 Å². The number of amides is 1. The quantitative estimate of drug-likeness (QED) is 0.731. The highest BCUT2D eigenvalue weighted by Crippen LogP contribution is 2.21. The van der Waals surface area contributed by atoms with Gasteiger partial charge in [-0.3, -0.25) is 14.2 Å². The van der Waals surface area contributed by atoms with Gasteiger partial charge in [0.25, 0.3) is 5.56 Å². The molecule has 1 heterocycles. The number of hydrogen-bond donors (Lipinski definition) is 1. The first kappa shape index (κ1) is 18.1. The molecule has 0 aliphatic heterocycles. The molecule has 0 aliphatic carbocycles. The molecule has 5 nitrogen and oxygen atoms in total. The van der Waals surface area contributed by atoms with Gasteiger partial charge in [-0.25, -0.2) is 4.98 Å². The van der Waals surface area contributed by atoms with Crippen molar-refractivity contribution in [3.63, 3.8) is 0 Å². The first-order valence-corrected chi connectivity index (χ1v) is 8.65. The van der Waals surface area contributed by atoms with Crippen LogP contribution in [0.4, 0.5) is 5.69 Å². The fraction of sp³-hybridized carbons (Fsp3) is 0.250. The first-order valence-electron chi connectivity index (χ1n) is 8.27. The fourth-order valence-corrected chi connectivity index (χ4v) is 2.71. The highest BCUT2D eigenvalue weighted by atomic mass is 35.5. The van der Waals surface area contributed by atoms with E-state index >= 15 is 0 Å². The number of nitrogens with one attached hydrogen (secondary N) is 1. The third kappa shape index (κ3) is 3.48. The standard InChI is InChI=1S/C20H20ClN3O2/c1-12-22-17-10-7-14(23-19(26)20(2,3)4)11-16(17)18(25)24(12)15-8-5-13(21)6-9-15/h5-11H,1-4H3,(H,23,26). The second kappa shape index (κ2) is 6.57. The highest BCUT2D eigenvalue weighted by molar-refractivity contribution is 6.30. The maximum absolute atomic E-state index is 13.0. The Bertz CT molecular complexity index is 1050. The van der Waals surface area contributed by atoms with Gasteiger partial charge in [0.15, 0.2) is 0 Å². The lowest BCUT2D eigenvalue weighted by atomic mass is 9.95. The Morgan fingerprint density at radius 1 is 1.12 bits per heavy atom. The van der Waals surface area contributed by atoms with E-state index in [1.165, 1.54) is 4.57 Å². The smallest absolute Gasteiger partial charge is 0.266 e. The molecule has 1 aromatic heterocycles. The van der Waals surface area contributed by atoms with Crippen molar-refractivity contribution >= 4 is 34.1 Å². The van der Waals surface area contributed by atoms with Crippen molar-refractivity contribution < 1.29 is 4.79 Å². The lowest BCUT2D eigenvalue weighted by Gasteiger charge is -2.18. The van der Waals surface area contributed by atoms with Crippen LogP contribution in [-0.4, -0.2) is 15.5 Å². The van der Waals surface area contributed by atoms with Crippen molar-refractivity contribution in [2.75, 3.05) is 5.32 Å². The number of anilines is 1. The summed E-state index contributed by atoms with van der Waals surface area (Å²) >= 11 is 5.94. The predicted molar refractivity (Wildman–Crippen MR) is 105 cm³/mol. The van der Waals surface area contributed by atoms with E-state index in [4.69, 9.17) is 11.6 Å². The topological polar surface area (TPSA) is 64.0 Å². The number of hydrogen-bond acceptors (Lipinski definition) is 3. The molecule has 1 N–H and O–H groups in total. The van der Waals surface area contributed by atoms with Gasteiger partial charge in [-0.2, -0.15) is 0 Å². The molecule has 3 aromatic rings. The monoisotopic (exact) mass is 369 g/mol. The van der Waals surface area contributed by atoms with Gasteiger partial charge in [-0.1, -0.05) is 32.4 Å². The van der Waals surface area contributed by atoms with Crippen LogP contribution < -0.4 is 10.9 Å². The maximum atomic E-state index is 13.0. The van der Waals surface area contributed by atoms with Crippen molar-refractivity contribution in [1.29, 1.82) is 0 Å². The number of aromatic nitrogens is 2. The van der Waals surface area contributed by atoms with E-state index in [2.05, 4.69) is 10.3 Å². The second-order valence-corrected chi connectivity index (χ2v) is 7.65. The summed E-state index contributed by atoms with van der Waals surface area (Å²) in [5, 5.41) is 3.89. The average molecular weight is 370 g/mol. The lowest BCUT2D eigenvalue weighted by molar-refractivity contribution is -0.123. The number of aryl methyl sites for hydroxylation is 1. The van der Waals surface area contributed by atoms with Crippen LogP contribution in [-0.2, 0) is 4.79 Å². The average Bonchev–Trinajstić information content (AvgIpc) is 2.56. The van der Waals surface area contributed by atoms with E-state index in [1.54, 1.807) is 49.4 Å². The Kier molecular flexibility index (Phi) is 4.59. The SMILES string of the molecule is Cc1nc2ccc(NC(=O)C(C)(C)C)cc2c(=O)n1-c1ccc(Cl)cc1. The minimum Gasteiger partial charge on any atom is -0.326 e. The largest absolute Gasteiger partial charge is 0.326 e. The van der Waals surface area contributed by atoms with Crippen LogP contribution in [0.2, 0.25) is 5.02 Å². The number of benzene rings is 2. The molecule has 134 valence electrons. The molecule has 2 aromatic carbocycles. The van der Waals surface area contributed by atoms with E-state index in [0.717, 1.165) is 0 Å². The minimum atomic E-state index is -0.524. The van der Waals surface area contributed by atoms with Gasteiger partial charge < -0.3 is 5.32 Å². The van der Waals surface area contributed by atoms with Crippen LogP contribution in [0.1, 0.15) is 26.6 Å². The Labute approximate surface area is 156 Å². The van der Waals surface area contributed by atoms with E-state index in [9.17, 15) is 9.59 Å². The molecular weight excluding hydrogens is 350 g/mol. The number of rotatable bonds is 2. The zero-order chi connectivity index (χ0) is 19.1. The van der Waals surface area contributed by atoms with Gasteiger partial charge in [-0.05, 0) is 49.4 Å². The number of carbonyl (C=O) groups is 1. The van der Waals surface area contributed by atoms with Gasteiger partial charge in [0.05, 0.1) is 16.6 Å². The Balaban J connectivity index is 2.13. The molecule has 3 rings (SSSR count). The van der Waals surface area contributed by atoms with Crippen LogP contribution in [0, 0.1) is 12.3 Å². The number of carbonyl (C=O) groups excluding carboxylic acids is 1. The Morgan fingerprint density at radius 2 is 1.77 bits per heavy atom. The fourth-order valence-electron chi connectivity index (χ4n) is 2.59. The van der Waals surface area contributed by atoms with Crippen molar-refractivity contribution in [3.8, 4) is 5.69 Å². The molecule has 0 atom stereocenters. The summed E-state index contributed by atoms with van der Waals surface area (Å²) in [5.74, 6) is 0.464. The molecule has 6 heteroatoms. The summed E-state index contributed by atoms with van der Waals surface area (Å²) in [6.45, 7) is 7.29. The zero-order valence-corrected chi connectivity index (χ0v) is 15.9. The molecule has 0 aliphatic rings. The summed E-state index contributed by atoms with van der Waals surface area (Å²) in [5.41, 5.74) is 1.13. The summed E-state index contributed by atoms with van der Waals surface area (Å²) in [6, 6.07) is 12.2. The van der Waals surface area contributed by atoms with Gasteiger partial charge >= 0.3 is 0 Å². The van der Waals surface area contributed by atoms with Crippen LogP contribution in [0.5, 0.6) is 0 Å². The Morgan fingerprint density at radius 3 is 2.38 bits per heavy atom. The van der Waals surface area contributed by atoms with Crippen molar-refractivity contribution in [3.05, 3.63) is 63.7 Å². The summed E-state index contributed by atoms with van der Waals surface area (Å²) in [6.07, 6.45) is 0. The number of halogens is 1. The summed E-state index contributed by atoms with van der Waals surface area (Å²) in [4.78, 5) is 29.8. The third-order valence-electron chi connectivity index (χ3n) is 4.06. The predicted octanol–water partition coefficient (Wildman–Crippen LogP) is 4.33. The van der Waals surface area contributed by atoms with Gasteiger partial charge in [-0.15, -0.1) is 0 Å². The van der Waals surface area contributed by atoms with Gasteiger partial charge in [0.2, 0.25) is 5.91 Å². The second-order valence-electron chi connectivity index (χ2n) is 7.21. The third-order valence-corrected chi connectivity index (χ3v) is 4.31. The molecule has 26 heavy (non-hydrogen) atoms. The number of nitrogens with zero attached hydrogens (tertiary/aromatic N) is 2. The van der Waals surface area contributed by atoms with Gasteiger partial charge in [0, 0.05) is 16.1 Å². The highest BCUT2D eigenvalue weighted by Gasteiger charge is 2.21. The Hall–Kier alpha value is -2.66. The van der Waals surface area contributed by atoms with E-state index in [-0.39, 0.29) is 11.5 Å².